The molecule has 84 valence electrons. The molecule has 0 atom stereocenters. The third-order valence-electron chi connectivity index (χ3n) is 2.45. The predicted molar refractivity (Wildman–Crippen MR) is 59.4 cm³/mol. The van der Waals surface area contributed by atoms with Gasteiger partial charge in [0.15, 0.2) is 5.78 Å². The molecule has 0 aliphatic rings. The van der Waals surface area contributed by atoms with Gasteiger partial charge in [-0.05, 0) is 19.4 Å². The van der Waals surface area contributed by atoms with Crippen LogP contribution in [0.1, 0.15) is 35.0 Å². The van der Waals surface area contributed by atoms with Gasteiger partial charge in [-0.15, -0.1) is 0 Å². The first kappa shape index (κ1) is 10.7. The number of hydrogen-bond donors (Lipinski definition) is 0. The van der Waals surface area contributed by atoms with Crippen LogP contribution in [0.4, 0.5) is 0 Å². The Labute approximate surface area is 93.9 Å². The van der Waals surface area contributed by atoms with Crippen LogP contribution < -0.4 is 0 Å². The van der Waals surface area contributed by atoms with E-state index in [-0.39, 0.29) is 5.78 Å². The monoisotopic (exact) mass is 218 g/mol. The molecule has 2 rings (SSSR count). The van der Waals surface area contributed by atoms with Gasteiger partial charge in [0.2, 0.25) is 0 Å². The van der Waals surface area contributed by atoms with E-state index < -0.39 is 0 Å². The predicted octanol–water partition coefficient (Wildman–Crippen LogP) is 2.43. The molecule has 0 fully saturated rings. The highest BCUT2D eigenvalue weighted by molar-refractivity contribution is 6.09. The smallest absolute Gasteiger partial charge is 0.199 e. The molecule has 0 radical (unpaired) electrons. The van der Waals surface area contributed by atoms with Crippen LogP contribution in [0.3, 0.4) is 0 Å². The molecule has 0 unspecified atom stereocenters. The fourth-order valence-electron chi connectivity index (χ4n) is 1.61. The Hall–Kier alpha value is -1.84. The van der Waals surface area contributed by atoms with E-state index >= 15 is 0 Å². The zero-order valence-electron chi connectivity index (χ0n) is 9.43. The Morgan fingerprint density at radius 2 is 2.38 bits per heavy atom. The zero-order chi connectivity index (χ0) is 11.5. The minimum atomic E-state index is -0.0337. The first-order chi connectivity index (χ1) is 7.72. The Kier molecular flexibility index (Phi) is 2.90. The molecule has 0 spiro atoms. The lowest BCUT2D eigenvalue weighted by atomic mass is 10.1. The van der Waals surface area contributed by atoms with E-state index in [1.807, 2.05) is 0 Å². The van der Waals surface area contributed by atoms with Crippen LogP contribution in [0.25, 0.3) is 0 Å². The van der Waals surface area contributed by atoms with E-state index in [0.29, 0.717) is 16.9 Å². The molecule has 4 heteroatoms. The Morgan fingerprint density at radius 1 is 1.56 bits per heavy atom. The molecule has 0 aliphatic heterocycles. The van der Waals surface area contributed by atoms with Crippen molar-refractivity contribution in [1.82, 2.24) is 9.78 Å². The highest BCUT2D eigenvalue weighted by atomic mass is 16.3. The van der Waals surface area contributed by atoms with Crippen LogP contribution in [0, 0.1) is 6.92 Å². The van der Waals surface area contributed by atoms with Crippen molar-refractivity contribution in [3.63, 3.8) is 0 Å². The van der Waals surface area contributed by atoms with Gasteiger partial charge in [-0.25, -0.2) is 0 Å². The standard InChI is InChI=1S/C12H14N2O2/c1-3-5-14-8-10(7-13-14)12(15)11-4-6-16-9(11)2/h4,6-8H,3,5H2,1-2H3. The number of hydrogen-bond acceptors (Lipinski definition) is 3. The van der Waals surface area contributed by atoms with Gasteiger partial charge in [-0.2, -0.15) is 5.10 Å². The highest BCUT2D eigenvalue weighted by Gasteiger charge is 2.15. The summed E-state index contributed by atoms with van der Waals surface area (Å²) in [5, 5.41) is 4.13. The van der Waals surface area contributed by atoms with Crippen LogP contribution >= 0.6 is 0 Å². The third-order valence-corrected chi connectivity index (χ3v) is 2.45. The maximum Gasteiger partial charge on any atom is 0.199 e. The number of aromatic nitrogens is 2. The van der Waals surface area contributed by atoms with Gasteiger partial charge in [0.05, 0.1) is 23.6 Å². The Balaban J connectivity index is 2.24. The summed E-state index contributed by atoms with van der Waals surface area (Å²) in [5.41, 5.74) is 1.22. The molecule has 0 bridgehead atoms. The molecule has 2 heterocycles. The summed E-state index contributed by atoms with van der Waals surface area (Å²) in [5.74, 6) is 0.613. The SMILES string of the molecule is CCCn1cc(C(=O)c2ccoc2C)cn1. The number of nitrogens with zero attached hydrogens (tertiary/aromatic N) is 2. The second kappa shape index (κ2) is 4.35. The molecule has 0 saturated carbocycles. The number of furan rings is 1. The van der Waals surface area contributed by atoms with Crippen LogP contribution in [0.15, 0.2) is 29.1 Å². The van der Waals surface area contributed by atoms with E-state index in [1.54, 1.807) is 30.1 Å². The number of carbonyl (C=O) groups is 1. The lowest BCUT2D eigenvalue weighted by Crippen LogP contribution is -2.00. The second-order valence-electron chi connectivity index (χ2n) is 3.71. The summed E-state index contributed by atoms with van der Waals surface area (Å²) in [4.78, 5) is 12.0. The largest absolute Gasteiger partial charge is 0.469 e. The van der Waals surface area contributed by atoms with E-state index in [4.69, 9.17) is 4.42 Å². The van der Waals surface area contributed by atoms with E-state index in [0.717, 1.165) is 13.0 Å². The average Bonchev–Trinajstić information content (AvgIpc) is 2.87. The zero-order valence-corrected chi connectivity index (χ0v) is 9.43. The third kappa shape index (κ3) is 1.91. The summed E-state index contributed by atoms with van der Waals surface area (Å²) in [6, 6.07) is 1.69. The van der Waals surface area contributed by atoms with E-state index in [9.17, 15) is 4.79 Å². The fourth-order valence-corrected chi connectivity index (χ4v) is 1.61. The van der Waals surface area contributed by atoms with Gasteiger partial charge >= 0.3 is 0 Å². The Bertz CT molecular complexity index is 497. The van der Waals surface area contributed by atoms with Crippen molar-refractivity contribution in [3.8, 4) is 0 Å². The first-order valence-corrected chi connectivity index (χ1v) is 5.33. The molecule has 16 heavy (non-hydrogen) atoms. The van der Waals surface area contributed by atoms with Crippen LogP contribution in [-0.4, -0.2) is 15.6 Å². The summed E-state index contributed by atoms with van der Waals surface area (Å²) >= 11 is 0. The van der Waals surface area contributed by atoms with Crippen molar-refractivity contribution in [2.75, 3.05) is 0 Å². The average molecular weight is 218 g/mol. The second-order valence-corrected chi connectivity index (χ2v) is 3.71. The van der Waals surface area contributed by atoms with Crippen molar-refractivity contribution in [3.05, 3.63) is 41.6 Å². The number of ketones is 1. The quantitative estimate of drug-likeness (QED) is 0.740. The van der Waals surface area contributed by atoms with Crippen molar-refractivity contribution in [2.45, 2.75) is 26.8 Å². The van der Waals surface area contributed by atoms with E-state index in [1.165, 1.54) is 6.26 Å². The van der Waals surface area contributed by atoms with E-state index in [2.05, 4.69) is 12.0 Å². The van der Waals surface area contributed by atoms with Crippen LogP contribution in [0.5, 0.6) is 0 Å². The maximum atomic E-state index is 12.0. The molecular weight excluding hydrogens is 204 g/mol. The lowest BCUT2D eigenvalue weighted by Gasteiger charge is -1.96. The summed E-state index contributed by atoms with van der Waals surface area (Å²) < 4.78 is 6.89. The number of rotatable bonds is 4. The van der Waals surface area contributed by atoms with Gasteiger partial charge < -0.3 is 4.42 Å². The molecule has 4 nitrogen and oxygen atoms in total. The molecule has 0 aliphatic carbocycles. The van der Waals surface area contributed by atoms with Crippen molar-refractivity contribution < 1.29 is 9.21 Å². The fraction of sp³-hybridized carbons (Fsp3) is 0.333. The highest BCUT2D eigenvalue weighted by Crippen LogP contribution is 2.14. The van der Waals surface area contributed by atoms with Crippen molar-refractivity contribution in [1.29, 1.82) is 0 Å². The summed E-state index contributed by atoms with van der Waals surface area (Å²) in [6.07, 6.45) is 5.90. The first-order valence-electron chi connectivity index (χ1n) is 5.33. The maximum absolute atomic E-state index is 12.0. The Morgan fingerprint density at radius 3 is 3.00 bits per heavy atom. The van der Waals surface area contributed by atoms with Gasteiger partial charge in [0.25, 0.3) is 0 Å². The molecular formula is C12H14N2O2. The minimum absolute atomic E-state index is 0.0337. The summed E-state index contributed by atoms with van der Waals surface area (Å²) in [7, 11) is 0. The van der Waals surface area contributed by atoms with Crippen molar-refractivity contribution in [2.24, 2.45) is 0 Å². The van der Waals surface area contributed by atoms with Gasteiger partial charge in [0.1, 0.15) is 5.76 Å². The minimum Gasteiger partial charge on any atom is -0.469 e. The van der Waals surface area contributed by atoms with Gasteiger partial charge in [-0.1, -0.05) is 6.92 Å². The van der Waals surface area contributed by atoms with Crippen LogP contribution in [-0.2, 0) is 6.54 Å². The summed E-state index contributed by atoms with van der Waals surface area (Å²) in [6.45, 7) is 4.69. The molecule has 0 saturated heterocycles. The molecule has 0 N–H and O–H groups in total. The topological polar surface area (TPSA) is 48.0 Å². The number of aryl methyl sites for hydroxylation is 2. The number of carbonyl (C=O) groups excluding carboxylic acids is 1. The molecule has 0 aromatic carbocycles. The van der Waals surface area contributed by atoms with Gasteiger partial charge in [-0.3, -0.25) is 9.48 Å². The molecule has 2 aromatic rings. The molecule has 2 aromatic heterocycles. The lowest BCUT2D eigenvalue weighted by molar-refractivity contribution is 0.103. The van der Waals surface area contributed by atoms with Gasteiger partial charge in [0, 0.05) is 12.7 Å². The normalized spacial score (nSPS) is 10.6. The van der Waals surface area contributed by atoms with Crippen molar-refractivity contribution >= 4 is 5.78 Å². The molecule has 0 amide bonds. The van der Waals surface area contributed by atoms with Crippen LogP contribution in [0.2, 0.25) is 0 Å².